The number of aromatic nitrogens is 1. The van der Waals surface area contributed by atoms with Gasteiger partial charge in [-0.1, -0.05) is 0 Å². The van der Waals surface area contributed by atoms with E-state index in [0.717, 1.165) is 38.8 Å². The molecule has 2 aliphatic rings. The third kappa shape index (κ3) is 2.44. The fourth-order valence-electron chi connectivity index (χ4n) is 3.36. The number of piperidine rings is 2. The summed E-state index contributed by atoms with van der Waals surface area (Å²) < 4.78 is 26.8. The molecule has 0 amide bonds. The molecule has 1 aromatic rings. The molecule has 1 spiro atoms. The Balaban J connectivity index is 1.82. The van der Waals surface area contributed by atoms with Crippen LogP contribution < -0.4 is 5.32 Å². The molecule has 19 heavy (non-hydrogen) atoms. The lowest BCUT2D eigenvalue weighted by Gasteiger charge is -2.44. The lowest BCUT2D eigenvalue weighted by molar-refractivity contribution is 0.110. The third-order valence-corrected chi connectivity index (χ3v) is 6.24. The molecular weight excluding hydrogens is 262 g/mol. The molecule has 1 aromatic heterocycles. The van der Waals surface area contributed by atoms with Crippen LogP contribution in [0.3, 0.4) is 0 Å². The molecule has 6 heteroatoms. The van der Waals surface area contributed by atoms with Gasteiger partial charge in [-0.15, -0.1) is 0 Å². The van der Waals surface area contributed by atoms with E-state index in [9.17, 15) is 8.42 Å². The smallest absolute Gasteiger partial charge is 0.244 e. The molecule has 1 atom stereocenters. The van der Waals surface area contributed by atoms with Gasteiger partial charge in [-0.3, -0.25) is 0 Å². The molecule has 106 valence electrons. The van der Waals surface area contributed by atoms with Crippen molar-refractivity contribution in [1.82, 2.24) is 14.6 Å². The van der Waals surface area contributed by atoms with E-state index in [2.05, 4.69) is 10.3 Å². The Morgan fingerprint density at radius 1 is 1.26 bits per heavy atom. The quantitative estimate of drug-likeness (QED) is 0.856. The van der Waals surface area contributed by atoms with Crippen molar-refractivity contribution in [2.24, 2.45) is 5.41 Å². The van der Waals surface area contributed by atoms with Crippen molar-refractivity contribution in [3.8, 4) is 0 Å². The normalized spacial score (nSPS) is 29.7. The van der Waals surface area contributed by atoms with Crippen LogP contribution in [0.25, 0.3) is 0 Å². The largest absolute Gasteiger partial charge is 0.366 e. The highest BCUT2D eigenvalue weighted by Crippen LogP contribution is 2.37. The summed E-state index contributed by atoms with van der Waals surface area (Å²) in [5.41, 5.74) is 0.153. The SMILES string of the molecule is O=S(=O)(c1cc[nH]c1)N1CCCC2(CCCNC2)C1. The topological polar surface area (TPSA) is 65.2 Å². The van der Waals surface area contributed by atoms with E-state index in [1.165, 1.54) is 0 Å². The first-order valence-electron chi connectivity index (χ1n) is 6.96. The first kappa shape index (κ1) is 13.1. The summed E-state index contributed by atoms with van der Waals surface area (Å²) >= 11 is 0. The minimum atomic E-state index is -3.32. The van der Waals surface area contributed by atoms with Crippen molar-refractivity contribution in [1.29, 1.82) is 0 Å². The number of H-pyrrole nitrogens is 1. The van der Waals surface area contributed by atoms with Gasteiger partial charge in [-0.25, -0.2) is 8.42 Å². The van der Waals surface area contributed by atoms with Crippen LogP contribution in [0.4, 0.5) is 0 Å². The van der Waals surface area contributed by atoms with E-state index in [1.807, 2.05) is 0 Å². The molecule has 2 fully saturated rings. The van der Waals surface area contributed by atoms with E-state index in [4.69, 9.17) is 0 Å². The summed E-state index contributed by atoms with van der Waals surface area (Å²) in [6, 6.07) is 1.63. The Bertz CT molecular complexity index is 513. The zero-order chi connectivity index (χ0) is 13.3. The molecule has 1 unspecified atom stereocenters. The van der Waals surface area contributed by atoms with Gasteiger partial charge in [0.2, 0.25) is 10.0 Å². The summed E-state index contributed by atoms with van der Waals surface area (Å²) in [5.74, 6) is 0. The fraction of sp³-hybridized carbons (Fsp3) is 0.692. The second kappa shape index (κ2) is 4.92. The molecule has 5 nitrogen and oxygen atoms in total. The number of nitrogens with zero attached hydrogens (tertiary/aromatic N) is 1. The van der Waals surface area contributed by atoms with Crippen molar-refractivity contribution in [3.05, 3.63) is 18.5 Å². The number of hydrogen-bond donors (Lipinski definition) is 2. The third-order valence-electron chi connectivity index (χ3n) is 4.39. The van der Waals surface area contributed by atoms with Crippen LogP contribution in [0.15, 0.2) is 23.4 Å². The van der Waals surface area contributed by atoms with E-state index in [0.29, 0.717) is 18.0 Å². The van der Waals surface area contributed by atoms with Gasteiger partial charge < -0.3 is 10.3 Å². The van der Waals surface area contributed by atoms with Crippen LogP contribution in [-0.4, -0.2) is 43.9 Å². The summed E-state index contributed by atoms with van der Waals surface area (Å²) in [4.78, 5) is 3.21. The van der Waals surface area contributed by atoms with Gasteiger partial charge in [0.25, 0.3) is 0 Å². The molecule has 3 heterocycles. The summed E-state index contributed by atoms with van der Waals surface area (Å²) in [6.07, 6.45) is 7.62. The van der Waals surface area contributed by atoms with E-state index in [-0.39, 0.29) is 5.41 Å². The fourth-order valence-corrected chi connectivity index (χ4v) is 4.93. The summed E-state index contributed by atoms with van der Waals surface area (Å²) in [6.45, 7) is 3.32. The number of sulfonamides is 1. The maximum Gasteiger partial charge on any atom is 0.244 e. The highest BCUT2D eigenvalue weighted by atomic mass is 32.2. The average Bonchev–Trinajstić information content (AvgIpc) is 2.94. The van der Waals surface area contributed by atoms with Crippen LogP contribution in [0.5, 0.6) is 0 Å². The lowest BCUT2D eigenvalue weighted by Crippen LogP contribution is -2.52. The van der Waals surface area contributed by atoms with Crippen LogP contribution in [0.2, 0.25) is 0 Å². The Morgan fingerprint density at radius 2 is 2.11 bits per heavy atom. The first-order chi connectivity index (χ1) is 9.12. The molecule has 0 bridgehead atoms. The van der Waals surface area contributed by atoms with Crippen molar-refractivity contribution in [2.75, 3.05) is 26.2 Å². The molecule has 0 aliphatic carbocycles. The summed E-state index contributed by atoms with van der Waals surface area (Å²) in [7, 11) is -3.32. The molecule has 2 aliphatic heterocycles. The molecule has 2 saturated heterocycles. The van der Waals surface area contributed by atoms with Crippen molar-refractivity contribution in [3.63, 3.8) is 0 Å². The van der Waals surface area contributed by atoms with Crippen LogP contribution >= 0.6 is 0 Å². The number of nitrogens with one attached hydrogen (secondary N) is 2. The monoisotopic (exact) mass is 283 g/mol. The minimum Gasteiger partial charge on any atom is -0.366 e. The van der Waals surface area contributed by atoms with E-state index in [1.54, 1.807) is 22.8 Å². The van der Waals surface area contributed by atoms with Crippen LogP contribution in [0, 0.1) is 5.41 Å². The Morgan fingerprint density at radius 3 is 2.79 bits per heavy atom. The number of rotatable bonds is 2. The van der Waals surface area contributed by atoms with E-state index < -0.39 is 10.0 Å². The molecule has 0 aromatic carbocycles. The van der Waals surface area contributed by atoms with Crippen molar-refractivity contribution in [2.45, 2.75) is 30.6 Å². The van der Waals surface area contributed by atoms with Crippen molar-refractivity contribution < 1.29 is 8.42 Å². The van der Waals surface area contributed by atoms with Gasteiger partial charge in [-0.05, 0) is 43.7 Å². The molecule has 2 N–H and O–H groups in total. The Hall–Kier alpha value is -0.850. The van der Waals surface area contributed by atoms with Gasteiger partial charge >= 0.3 is 0 Å². The second-order valence-electron chi connectivity index (χ2n) is 5.77. The van der Waals surface area contributed by atoms with Gasteiger partial charge in [0.1, 0.15) is 0 Å². The predicted molar refractivity (Wildman–Crippen MR) is 73.3 cm³/mol. The maximum absolute atomic E-state index is 12.6. The van der Waals surface area contributed by atoms with Gasteiger partial charge in [0.15, 0.2) is 0 Å². The zero-order valence-electron chi connectivity index (χ0n) is 11.1. The standard InChI is InChI=1S/C13H21N3O2S/c17-19(18,12-3-7-14-9-12)16-8-2-5-13(11-16)4-1-6-15-10-13/h3,7,9,14-15H,1-2,4-6,8,10-11H2. The maximum atomic E-state index is 12.6. The number of hydrogen-bond acceptors (Lipinski definition) is 3. The van der Waals surface area contributed by atoms with Gasteiger partial charge in [0, 0.05) is 32.0 Å². The number of aromatic amines is 1. The first-order valence-corrected chi connectivity index (χ1v) is 8.40. The average molecular weight is 283 g/mol. The Labute approximate surface area is 114 Å². The molecular formula is C13H21N3O2S. The van der Waals surface area contributed by atoms with Crippen LogP contribution in [-0.2, 0) is 10.0 Å². The van der Waals surface area contributed by atoms with E-state index >= 15 is 0 Å². The lowest BCUT2D eigenvalue weighted by atomic mass is 9.75. The molecule has 0 radical (unpaired) electrons. The van der Waals surface area contributed by atoms with Crippen LogP contribution in [0.1, 0.15) is 25.7 Å². The molecule has 0 saturated carbocycles. The second-order valence-corrected chi connectivity index (χ2v) is 7.71. The van der Waals surface area contributed by atoms with Gasteiger partial charge in [-0.2, -0.15) is 4.31 Å². The minimum absolute atomic E-state index is 0.153. The molecule has 3 rings (SSSR count). The Kier molecular flexibility index (Phi) is 3.41. The highest BCUT2D eigenvalue weighted by Gasteiger charge is 2.40. The highest BCUT2D eigenvalue weighted by molar-refractivity contribution is 7.89. The predicted octanol–water partition coefficient (Wildman–Crippen LogP) is 1.17. The zero-order valence-corrected chi connectivity index (χ0v) is 11.9. The van der Waals surface area contributed by atoms with Gasteiger partial charge in [0.05, 0.1) is 4.90 Å². The summed E-state index contributed by atoms with van der Waals surface area (Å²) in [5, 5.41) is 3.42. The van der Waals surface area contributed by atoms with Crippen molar-refractivity contribution >= 4 is 10.0 Å².